The molecule has 0 atom stereocenters. The van der Waals surface area contributed by atoms with Gasteiger partial charge in [0.1, 0.15) is 5.82 Å². The Morgan fingerprint density at radius 2 is 1.89 bits per heavy atom. The highest BCUT2D eigenvalue weighted by molar-refractivity contribution is 14.1. The first-order chi connectivity index (χ1) is 8.97. The van der Waals surface area contributed by atoms with Crippen molar-refractivity contribution >= 4 is 51.6 Å². The van der Waals surface area contributed by atoms with Gasteiger partial charge < -0.3 is 0 Å². The first-order valence-electron chi connectivity index (χ1n) is 5.39. The van der Waals surface area contributed by atoms with Gasteiger partial charge in [-0.25, -0.2) is 4.39 Å². The molecule has 0 saturated carbocycles. The summed E-state index contributed by atoms with van der Waals surface area (Å²) in [5, 5.41) is 1.02. The molecule has 2 rings (SSSR count). The van der Waals surface area contributed by atoms with Gasteiger partial charge in [-0.1, -0.05) is 23.2 Å². The van der Waals surface area contributed by atoms with Crippen LogP contribution in [0.3, 0.4) is 0 Å². The van der Waals surface area contributed by atoms with E-state index >= 15 is 0 Å². The number of hydrogen-bond donors (Lipinski definition) is 0. The summed E-state index contributed by atoms with van der Waals surface area (Å²) in [6.07, 6.45) is 0.140. The summed E-state index contributed by atoms with van der Waals surface area (Å²) in [4.78, 5) is 12.2. The van der Waals surface area contributed by atoms with E-state index in [9.17, 15) is 9.18 Å². The van der Waals surface area contributed by atoms with Crippen LogP contribution >= 0.6 is 45.8 Å². The highest BCUT2D eigenvalue weighted by atomic mass is 127. The van der Waals surface area contributed by atoms with Crippen molar-refractivity contribution in [3.63, 3.8) is 0 Å². The third kappa shape index (κ3) is 3.68. The molecule has 0 aliphatic heterocycles. The van der Waals surface area contributed by atoms with Crippen LogP contribution < -0.4 is 0 Å². The molecule has 5 heteroatoms. The van der Waals surface area contributed by atoms with E-state index < -0.39 is 0 Å². The molecule has 19 heavy (non-hydrogen) atoms. The van der Waals surface area contributed by atoms with Crippen LogP contribution in [0.4, 0.5) is 4.39 Å². The number of carbonyl (C=O) groups is 1. The lowest BCUT2D eigenvalue weighted by atomic mass is 10.0. The minimum absolute atomic E-state index is 0.117. The van der Waals surface area contributed by atoms with Gasteiger partial charge in [-0.3, -0.25) is 4.79 Å². The Hall–Kier alpha value is -0.650. The maximum absolute atomic E-state index is 13.0. The van der Waals surface area contributed by atoms with E-state index in [1.807, 2.05) is 22.6 Å². The van der Waals surface area contributed by atoms with Crippen molar-refractivity contribution in [1.82, 2.24) is 0 Å². The maximum Gasteiger partial charge on any atom is 0.168 e. The summed E-state index contributed by atoms with van der Waals surface area (Å²) in [5.41, 5.74) is 1.15. The van der Waals surface area contributed by atoms with E-state index in [0.717, 1.165) is 0 Å². The van der Waals surface area contributed by atoms with E-state index in [4.69, 9.17) is 23.2 Å². The molecule has 2 aromatic carbocycles. The Morgan fingerprint density at radius 1 is 1.16 bits per heavy atom. The molecule has 0 N–H and O–H groups in total. The summed E-state index contributed by atoms with van der Waals surface area (Å²) >= 11 is 13.8. The molecule has 1 nitrogen and oxygen atoms in total. The summed E-state index contributed by atoms with van der Waals surface area (Å²) in [6.45, 7) is 0. The summed E-state index contributed by atoms with van der Waals surface area (Å²) in [5.74, 6) is -0.477. The predicted octanol–water partition coefficient (Wildman–Crippen LogP) is 5.16. The quantitative estimate of drug-likeness (QED) is 0.506. The highest BCUT2D eigenvalue weighted by Gasteiger charge is 2.13. The molecule has 0 amide bonds. The van der Waals surface area contributed by atoms with Gasteiger partial charge in [0.05, 0.1) is 0 Å². The molecule has 0 heterocycles. The largest absolute Gasteiger partial charge is 0.294 e. The SMILES string of the molecule is O=C(Cc1cc(Cl)ccc1Cl)c1ccc(F)cc1I. The molecule has 0 saturated heterocycles. The van der Waals surface area contributed by atoms with Crippen LogP contribution in [-0.2, 0) is 6.42 Å². The molecule has 0 aromatic heterocycles. The Balaban J connectivity index is 2.28. The lowest BCUT2D eigenvalue weighted by molar-refractivity contribution is 0.0992. The van der Waals surface area contributed by atoms with Gasteiger partial charge in [-0.05, 0) is 64.6 Å². The monoisotopic (exact) mass is 408 g/mol. The zero-order chi connectivity index (χ0) is 14.0. The molecule has 2 aromatic rings. The summed E-state index contributed by atoms with van der Waals surface area (Å²) in [6, 6.07) is 9.07. The van der Waals surface area contributed by atoms with Crippen LogP contribution in [0.15, 0.2) is 36.4 Å². The number of carbonyl (C=O) groups excluding carboxylic acids is 1. The molecule has 0 radical (unpaired) electrons. The fourth-order valence-corrected chi connectivity index (χ4v) is 2.82. The van der Waals surface area contributed by atoms with E-state index in [1.54, 1.807) is 18.2 Å². The van der Waals surface area contributed by atoms with Gasteiger partial charge in [0.25, 0.3) is 0 Å². The smallest absolute Gasteiger partial charge is 0.168 e. The first-order valence-corrected chi connectivity index (χ1v) is 7.23. The van der Waals surface area contributed by atoms with Crippen LogP contribution in [0.1, 0.15) is 15.9 Å². The summed E-state index contributed by atoms with van der Waals surface area (Å²) < 4.78 is 13.6. The van der Waals surface area contributed by atoms with Gasteiger partial charge in [0.15, 0.2) is 5.78 Å². The average Bonchev–Trinajstić information content (AvgIpc) is 2.33. The molecule has 0 bridgehead atoms. The standard InChI is InChI=1S/C14H8Cl2FIO/c15-9-1-4-12(16)8(5-9)6-14(19)11-3-2-10(17)7-13(11)18/h1-5,7H,6H2. The van der Waals surface area contributed by atoms with Crippen LogP contribution in [0.2, 0.25) is 10.0 Å². The number of halogens is 4. The van der Waals surface area contributed by atoms with E-state index in [2.05, 4.69) is 0 Å². The first kappa shape index (κ1) is 14.8. The molecule has 0 unspecified atom stereocenters. The van der Waals surface area contributed by atoms with Crippen molar-refractivity contribution in [2.75, 3.05) is 0 Å². The second-order valence-corrected chi connectivity index (χ2v) is 5.97. The highest BCUT2D eigenvalue weighted by Crippen LogP contribution is 2.23. The van der Waals surface area contributed by atoms with Crippen molar-refractivity contribution in [3.8, 4) is 0 Å². The van der Waals surface area contributed by atoms with E-state index in [1.165, 1.54) is 18.2 Å². The van der Waals surface area contributed by atoms with Crippen LogP contribution in [0.5, 0.6) is 0 Å². The molecule has 0 spiro atoms. The molecule has 98 valence electrons. The lowest BCUT2D eigenvalue weighted by Gasteiger charge is -2.06. The van der Waals surface area contributed by atoms with Crippen molar-refractivity contribution in [2.24, 2.45) is 0 Å². The second kappa shape index (κ2) is 6.20. The molecular weight excluding hydrogens is 401 g/mol. The number of ketones is 1. The molecular formula is C14H8Cl2FIO. The number of Topliss-reactive ketones (excluding diaryl/α,β-unsaturated/α-hetero) is 1. The van der Waals surface area contributed by atoms with Crippen LogP contribution in [0.25, 0.3) is 0 Å². The Bertz CT molecular complexity index is 643. The van der Waals surface area contributed by atoms with Crippen molar-refractivity contribution < 1.29 is 9.18 Å². The zero-order valence-corrected chi connectivity index (χ0v) is 13.3. The third-order valence-corrected chi connectivity index (χ3v) is 4.09. The minimum Gasteiger partial charge on any atom is -0.294 e. The number of hydrogen-bond acceptors (Lipinski definition) is 1. The third-order valence-electron chi connectivity index (χ3n) is 2.59. The van der Waals surface area contributed by atoms with Gasteiger partial charge in [0.2, 0.25) is 0 Å². The topological polar surface area (TPSA) is 17.1 Å². The van der Waals surface area contributed by atoms with E-state index in [-0.39, 0.29) is 18.0 Å². The van der Waals surface area contributed by atoms with Crippen molar-refractivity contribution in [3.05, 3.63) is 67.0 Å². The van der Waals surface area contributed by atoms with Crippen molar-refractivity contribution in [2.45, 2.75) is 6.42 Å². The van der Waals surface area contributed by atoms with Crippen LogP contribution in [0, 0.1) is 9.39 Å². The second-order valence-electron chi connectivity index (χ2n) is 3.96. The Kier molecular flexibility index (Phi) is 4.81. The van der Waals surface area contributed by atoms with Gasteiger partial charge in [0, 0.05) is 25.6 Å². The van der Waals surface area contributed by atoms with Crippen LogP contribution in [-0.4, -0.2) is 5.78 Å². The molecule has 0 aliphatic rings. The lowest BCUT2D eigenvalue weighted by Crippen LogP contribution is -2.06. The van der Waals surface area contributed by atoms with E-state index in [0.29, 0.717) is 24.7 Å². The molecule has 0 fully saturated rings. The molecule has 0 aliphatic carbocycles. The number of rotatable bonds is 3. The fourth-order valence-electron chi connectivity index (χ4n) is 1.66. The van der Waals surface area contributed by atoms with Gasteiger partial charge in [-0.15, -0.1) is 0 Å². The Labute approximate surface area is 133 Å². The average molecular weight is 409 g/mol. The minimum atomic E-state index is -0.360. The zero-order valence-electron chi connectivity index (χ0n) is 9.59. The maximum atomic E-state index is 13.0. The normalized spacial score (nSPS) is 10.5. The fraction of sp³-hybridized carbons (Fsp3) is 0.0714. The van der Waals surface area contributed by atoms with Crippen molar-refractivity contribution in [1.29, 1.82) is 0 Å². The summed E-state index contributed by atoms with van der Waals surface area (Å²) in [7, 11) is 0. The van der Waals surface area contributed by atoms with Gasteiger partial charge >= 0.3 is 0 Å². The van der Waals surface area contributed by atoms with Gasteiger partial charge in [-0.2, -0.15) is 0 Å². The Morgan fingerprint density at radius 3 is 2.58 bits per heavy atom. The number of benzene rings is 2. The predicted molar refractivity (Wildman–Crippen MR) is 83.6 cm³/mol.